The number of nitrogens with two attached hydrogens (primary N) is 1. The zero-order valence-electron chi connectivity index (χ0n) is 16.4. The first-order chi connectivity index (χ1) is 13.9. The van der Waals surface area contributed by atoms with Crippen LogP contribution in [0.25, 0.3) is 10.9 Å². The van der Waals surface area contributed by atoms with Crippen molar-refractivity contribution in [2.75, 3.05) is 23.9 Å². The van der Waals surface area contributed by atoms with Gasteiger partial charge in [0, 0.05) is 26.0 Å². The van der Waals surface area contributed by atoms with Gasteiger partial charge in [0.15, 0.2) is 10.9 Å². The molecule has 3 rings (SSSR count). The fraction of sp³-hybridized carbons (Fsp3) is 0.316. The molecule has 3 aromatic rings. The lowest BCUT2D eigenvalue weighted by atomic mass is 10.2. The Kier molecular flexibility index (Phi) is 6.02. The average molecular weight is 414 g/mol. The Morgan fingerprint density at radius 1 is 1.24 bits per heavy atom. The Morgan fingerprint density at radius 3 is 2.66 bits per heavy atom. The molecule has 0 unspecified atom stereocenters. The van der Waals surface area contributed by atoms with Gasteiger partial charge in [-0.05, 0) is 18.6 Å². The van der Waals surface area contributed by atoms with E-state index < -0.39 is 17.0 Å². The van der Waals surface area contributed by atoms with Gasteiger partial charge in [-0.15, -0.1) is 0 Å². The van der Waals surface area contributed by atoms with E-state index in [0.29, 0.717) is 23.9 Å². The number of fused-ring (bicyclic) bond motifs is 1. The van der Waals surface area contributed by atoms with E-state index in [1.54, 1.807) is 7.05 Å². The SMILES string of the molecule is CCCn1c(N)c(C(=O)CSc2nc(NC)c3ccccc3n2)c(=O)n(C)c1=O. The highest BCUT2D eigenvalue weighted by Gasteiger charge is 2.22. The second-order valence-electron chi connectivity index (χ2n) is 6.39. The topological polar surface area (TPSA) is 125 Å². The molecule has 0 fully saturated rings. The van der Waals surface area contributed by atoms with Gasteiger partial charge in [0.2, 0.25) is 0 Å². The van der Waals surface area contributed by atoms with Gasteiger partial charge >= 0.3 is 5.69 Å². The van der Waals surface area contributed by atoms with E-state index in [-0.39, 0.29) is 17.1 Å². The highest BCUT2D eigenvalue weighted by atomic mass is 32.2. The molecule has 2 heterocycles. The van der Waals surface area contributed by atoms with Crippen LogP contribution in [0.2, 0.25) is 0 Å². The summed E-state index contributed by atoms with van der Waals surface area (Å²) in [6.45, 7) is 2.20. The standard InChI is InChI=1S/C19H22N6O3S/c1-4-9-25-15(20)14(17(27)24(3)19(25)28)13(26)10-29-18-22-12-8-6-5-7-11(12)16(21-2)23-18/h5-8H,4,9-10,20H2,1-3H3,(H,21,22,23). The summed E-state index contributed by atoms with van der Waals surface area (Å²) in [5.41, 5.74) is 5.35. The van der Waals surface area contributed by atoms with Crippen molar-refractivity contribution < 1.29 is 4.79 Å². The van der Waals surface area contributed by atoms with Gasteiger partial charge in [-0.2, -0.15) is 0 Å². The Balaban J connectivity index is 1.93. The van der Waals surface area contributed by atoms with Crippen LogP contribution < -0.4 is 22.3 Å². The van der Waals surface area contributed by atoms with Gasteiger partial charge in [0.25, 0.3) is 5.56 Å². The van der Waals surface area contributed by atoms with Crippen LogP contribution >= 0.6 is 11.8 Å². The molecule has 3 N–H and O–H groups in total. The number of benzene rings is 1. The van der Waals surface area contributed by atoms with E-state index in [1.165, 1.54) is 11.6 Å². The van der Waals surface area contributed by atoms with Gasteiger partial charge in [-0.3, -0.25) is 18.7 Å². The molecular formula is C19H22N6O3S. The van der Waals surface area contributed by atoms with E-state index in [9.17, 15) is 14.4 Å². The third-order valence-electron chi connectivity index (χ3n) is 4.46. The molecule has 0 aliphatic carbocycles. The number of nitrogens with zero attached hydrogens (tertiary/aromatic N) is 4. The molecule has 0 aliphatic heterocycles. The summed E-state index contributed by atoms with van der Waals surface area (Å²) in [5.74, 6) is 0.00437. The number of anilines is 2. The van der Waals surface area contributed by atoms with Crippen molar-refractivity contribution in [2.24, 2.45) is 7.05 Å². The smallest absolute Gasteiger partial charge is 0.332 e. The van der Waals surface area contributed by atoms with Crippen molar-refractivity contribution >= 4 is 40.1 Å². The normalized spacial score (nSPS) is 11.0. The molecule has 1 aromatic carbocycles. The molecule has 0 radical (unpaired) electrons. The zero-order valence-corrected chi connectivity index (χ0v) is 17.2. The summed E-state index contributed by atoms with van der Waals surface area (Å²) in [7, 11) is 3.10. The molecule has 0 spiro atoms. The number of hydrogen-bond donors (Lipinski definition) is 2. The third-order valence-corrected chi connectivity index (χ3v) is 5.31. The fourth-order valence-electron chi connectivity index (χ4n) is 3.00. The summed E-state index contributed by atoms with van der Waals surface area (Å²) in [6, 6.07) is 7.53. The molecule has 9 nitrogen and oxygen atoms in total. The van der Waals surface area contributed by atoms with E-state index in [4.69, 9.17) is 5.73 Å². The lowest BCUT2D eigenvalue weighted by molar-refractivity contribution is 0.102. The molecule has 0 aliphatic rings. The van der Waals surface area contributed by atoms with Crippen molar-refractivity contribution in [3.63, 3.8) is 0 Å². The number of hydrogen-bond acceptors (Lipinski definition) is 8. The number of carbonyl (C=O) groups excluding carboxylic acids is 1. The van der Waals surface area contributed by atoms with Crippen LogP contribution in [0.4, 0.5) is 11.6 Å². The monoisotopic (exact) mass is 414 g/mol. The number of nitrogens with one attached hydrogen (secondary N) is 1. The molecule has 29 heavy (non-hydrogen) atoms. The number of Topliss-reactive ketones (excluding diaryl/α,β-unsaturated/α-hetero) is 1. The molecule has 152 valence electrons. The molecule has 0 atom stereocenters. The molecule has 0 saturated heterocycles. The van der Waals surface area contributed by atoms with Crippen LogP contribution in [-0.2, 0) is 13.6 Å². The minimum absolute atomic E-state index is 0.0781. The first-order valence-electron chi connectivity index (χ1n) is 9.08. The van der Waals surface area contributed by atoms with Crippen molar-refractivity contribution in [3.05, 3.63) is 50.7 Å². The summed E-state index contributed by atoms with van der Waals surface area (Å²) >= 11 is 1.11. The number of rotatable bonds is 7. The largest absolute Gasteiger partial charge is 0.384 e. The fourth-order valence-corrected chi connectivity index (χ4v) is 3.72. The second kappa shape index (κ2) is 8.48. The minimum Gasteiger partial charge on any atom is -0.384 e. The number of para-hydroxylation sites is 1. The minimum atomic E-state index is -0.694. The van der Waals surface area contributed by atoms with Crippen LogP contribution in [0.3, 0.4) is 0 Å². The summed E-state index contributed by atoms with van der Waals surface area (Å²) in [5, 5.41) is 4.29. The predicted molar refractivity (Wildman–Crippen MR) is 115 cm³/mol. The average Bonchev–Trinajstić information content (AvgIpc) is 2.73. The van der Waals surface area contributed by atoms with E-state index in [2.05, 4.69) is 15.3 Å². The van der Waals surface area contributed by atoms with E-state index in [0.717, 1.165) is 27.2 Å². The van der Waals surface area contributed by atoms with Crippen molar-refractivity contribution in [1.29, 1.82) is 0 Å². The lowest BCUT2D eigenvalue weighted by Crippen LogP contribution is -2.42. The van der Waals surface area contributed by atoms with Gasteiger partial charge < -0.3 is 11.1 Å². The molecular weight excluding hydrogens is 392 g/mol. The van der Waals surface area contributed by atoms with E-state index >= 15 is 0 Å². The van der Waals surface area contributed by atoms with Crippen LogP contribution in [0, 0.1) is 0 Å². The summed E-state index contributed by atoms with van der Waals surface area (Å²) in [6.07, 6.45) is 0.641. The van der Waals surface area contributed by atoms with Crippen LogP contribution in [0.5, 0.6) is 0 Å². The number of nitrogen functional groups attached to an aromatic ring is 1. The molecule has 10 heteroatoms. The first kappa shape index (κ1) is 20.6. The summed E-state index contributed by atoms with van der Waals surface area (Å²) < 4.78 is 2.17. The Bertz CT molecular complexity index is 1200. The Labute approximate surface area is 171 Å². The van der Waals surface area contributed by atoms with Crippen molar-refractivity contribution in [1.82, 2.24) is 19.1 Å². The van der Waals surface area contributed by atoms with Crippen LogP contribution in [0.15, 0.2) is 39.0 Å². The maximum atomic E-state index is 12.8. The van der Waals surface area contributed by atoms with Gasteiger partial charge in [0.1, 0.15) is 17.2 Å². The lowest BCUT2D eigenvalue weighted by Gasteiger charge is -2.13. The Morgan fingerprint density at radius 2 is 1.97 bits per heavy atom. The zero-order chi connectivity index (χ0) is 21.1. The highest BCUT2D eigenvalue weighted by Crippen LogP contribution is 2.24. The van der Waals surface area contributed by atoms with Crippen molar-refractivity contribution in [3.8, 4) is 0 Å². The quantitative estimate of drug-likeness (QED) is 0.338. The number of aromatic nitrogens is 4. The van der Waals surface area contributed by atoms with Gasteiger partial charge in [0.05, 0.1) is 11.3 Å². The molecule has 0 amide bonds. The third kappa shape index (κ3) is 3.88. The number of thioether (sulfide) groups is 1. The van der Waals surface area contributed by atoms with Crippen molar-refractivity contribution in [2.45, 2.75) is 25.0 Å². The Hall–Kier alpha value is -3.14. The molecule has 2 aromatic heterocycles. The number of carbonyl (C=O) groups is 1. The maximum absolute atomic E-state index is 12.8. The predicted octanol–water partition coefficient (Wildman–Crippen LogP) is 1.50. The molecule has 0 bridgehead atoms. The molecule has 0 saturated carbocycles. The van der Waals surface area contributed by atoms with E-state index in [1.807, 2.05) is 31.2 Å². The van der Waals surface area contributed by atoms with Crippen LogP contribution in [0.1, 0.15) is 23.7 Å². The highest BCUT2D eigenvalue weighted by molar-refractivity contribution is 7.99. The van der Waals surface area contributed by atoms with Gasteiger partial charge in [-0.25, -0.2) is 14.8 Å². The second-order valence-corrected chi connectivity index (χ2v) is 7.33. The maximum Gasteiger partial charge on any atom is 0.332 e. The summed E-state index contributed by atoms with van der Waals surface area (Å²) in [4.78, 5) is 46.4. The van der Waals surface area contributed by atoms with Gasteiger partial charge in [-0.1, -0.05) is 30.8 Å². The first-order valence-corrected chi connectivity index (χ1v) is 10.1. The van der Waals surface area contributed by atoms with Crippen LogP contribution in [-0.4, -0.2) is 37.7 Å². The number of ketones is 1.